The molecule has 7 heteroatoms. The Balaban J connectivity index is 2.07. The number of benzene rings is 2. The summed E-state index contributed by atoms with van der Waals surface area (Å²) in [6.45, 7) is 6.10. The number of unbranched alkanes of at least 4 members (excludes halogenated alkanes) is 2. The van der Waals surface area contributed by atoms with Crippen LogP contribution in [0.25, 0.3) is 16.9 Å². The molecular formula is C25H30N2O4S. The third kappa shape index (κ3) is 5.29. The van der Waals surface area contributed by atoms with Crippen molar-refractivity contribution in [3.05, 3.63) is 71.4 Å². The van der Waals surface area contributed by atoms with E-state index in [9.17, 15) is 13.2 Å². The van der Waals surface area contributed by atoms with E-state index in [-0.39, 0.29) is 17.5 Å². The lowest BCUT2D eigenvalue weighted by atomic mass is 10.0. The zero-order chi connectivity index (χ0) is 23.3. The Hall–Kier alpha value is -2.90. The van der Waals surface area contributed by atoms with Crippen LogP contribution in [0.15, 0.2) is 59.5 Å². The number of nitrogens with zero attached hydrogens (tertiary/aromatic N) is 1. The van der Waals surface area contributed by atoms with E-state index in [0.717, 1.165) is 29.8 Å². The number of sulfonamides is 1. The van der Waals surface area contributed by atoms with Crippen LogP contribution in [-0.2, 0) is 21.2 Å². The summed E-state index contributed by atoms with van der Waals surface area (Å²) in [6, 6.07) is 16.5. The van der Waals surface area contributed by atoms with E-state index >= 15 is 0 Å². The summed E-state index contributed by atoms with van der Waals surface area (Å²) in [4.78, 5) is 12.6. The van der Waals surface area contributed by atoms with Crippen molar-refractivity contribution in [3.63, 3.8) is 0 Å². The first-order valence-corrected chi connectivity index (χ1v) is 12.4. The standard InChI is InChI=1S/C25H30N2O4S/c1-4-6-7-8-19-9-11-20(12-10-19)24-17-23(25(28)31-5-2)18(3)27(24)21-13-15-22(16-14-21)32(26,29)30/h9-17H,4-8H2,1-3H3,(H2,26,29,30). The van der Waals surface area contributed by atoms with Gasteiger partial charge in [0.2, 0.25) is 10.0 Å². The van der Waals surface area contributed by atoms with Gasteiger partial charge < -0.3 is 9.30 Å². The molecule has 0 amide bonds. The fourth-order valence-corrected chi connectivity index (χ4v) is 4.29. The lowest BCUT2D eigenvalue weighted by Gasteiger charge is -2.13. The summed E-state index contributed by atoms with van der Waals surface area (Å²) in [5.74, 6) is -0.387. The number of carbonyl (C=O) groups is 1. The molecule has 32 heavy (non-hydrogen) atoms. The number of esters is 1. The summed E-state index contributed by atoms with van der Waals surface area (Å²) in [6.07, 6.45) is 4.60. The molecule has 0 unspecified atom stereocenters. The second-order valence-corrected chi connectivity index (χ2v) is 9.34. The van der Waals surface area contributed by atoms with Gasteiger partial charge in [0, 0.05) is 11.4 Å². The van der Waals surface area contributed by atoms with Gasteiger partial charge in [-0.25, -0.2) is 18.4 Å². The minimum Gasteiger partial charge on any atom is -0.462 e. The maximum atomic E-state index is 12.5. The van der Waals surface area contributed by atoms with Gasteiger partial charge in [-0.1, -0.05) is 44.0 Å². The van der Waals surface area contributed by atoms with Crippen LogP contribution in [0.5, 0.6) is 0 Å². The maximum Gasteiger partial charge on any atom is 0.339 e. The van der Waals surface area contributed by atoms with Gasteiger partial charge >= 0.3 is 5.97 Å². The van der Waals surface area contributed by atoms with Crippen LogP contribution in [0, 0.1) is 6.92 Å². The molecule has 0 aliphatic heterocycles. The van der Waals surface area contributed by atoms with Gasteiger partial charge in [-0.05, 0) is 68.1 Å². The average Bonchev–Trinajstić information content (AvgIpc) is 3.11. The predicted molar refractivity (Wildman–Crippen MR) is 127 cm³/mol. The van der Waals surface area contributed by atoms with Crippen molar-refractivity contribution in [1.82, 2.24) is 4.57 Å². The molecule has 0 bridgehead atoms. The molecule has 1 heterocycles. The Labute approximate surface area is 190 Å². The van der Waals surface area contributed by atoms with Gasteiger partial charge in [-0.15, -0.1) is 0 Å². The quantitative estimate of drug-likeness (QED) is 0.363. The largest absolute Gasteiger partial charge is 0.462 e. The van der Waals surface area contributed by atoms with E-state index in [2.05, 4.69) is 31.2 Å². The van der Waals surface area contributed by atoms with Crippen LogP contribution >= 0.6 is 0 Å². The smallest absolute Gasteiger partial charge is 0.339 e. The van der Waals surface area contributed by atoms with Crippen LogP contribution in [0.3, 0.4) is 0 Å². The molecule has 0 saturated heterocycles. The van der Waals surface area contributed by atoms with E-state index in [0.29, 0.717) is 11.3 Å². The van der Waals surface area contributed by atoms with E-state index in [4.69, 9.17) is 9.88 Å². The maximum absolute atomic E-state index is 12.5. The summed E-state index contributed by atoms with van der Waals surface area (Å²) >= 11 is 0. The van der Waals surface area contributed by atoms with Crippen molar-refractivity contribution >= 4 is 16.0 Å². The average molecular weight is 455 g/mol. The van der Waals surface area contributed by atoms with Crippen molar-refractivity contribution in [2.24, 2.45) is 5.14 Å². The van der Waals surface area contributed by atoms with E-state index in [1.54, 1.807) is 19.1 Å². The third-order valence-electron chi connectivity index (χ3n) is 5.48. The van der Waals surface area contributed by atoms with Gasteiger partial charge in [0.05, 0.1) is 22.8 Å². The Morgan fingerprint density at radius 2 is 1.66 bits per heavy atom. The fraction of sp³-hybridized carbons (Fsp3) is 0.320. The Morgan fingerprint density at radius 3 is 2.22 bits per heavy atom. The van der Waals surface area contributed by atoms with Crippen LogP contribution in [-0.4, -0.2) is 25.6 Å². The summed E-state index contributed by atoms with van der Waals surface area (Å²) in [5.41, 5.74) is 4.98. The van der Waals surface area contributed by atoms with Crippen molar-refractivity contribution in [3.8, 4) is 16.9 Å². The first kappa shape index (κ1) is 23.8. The highest BCUT2D eigenvalue weighted by Crippen LogP contribution is 2.31. The number of ether oxygens (including phenoxy) is 1. The Bertz CT molecular complexity index is 1180. The number of primary sulfonamides is 1. The van der Waals surface area contributed by atoms with E-state index in [1.807, 2.05) is 17.6 Å². The number of rotatable bonds is 9. The predicted octanol–water partition coefficient (Wildman–Crippen LogP) is 5.01. The minimum absolute atomic E-state index is 0.0367. The highest BCUT2D eigenvalue weighted by molar-refractivity contribution is 7.89. The number of carbonyl (C=O) groups excluding carboxylic acids is 1. The van der Waals surface area contributed by atoms with Crippen molar-refractivity contribution in [1.29, 1.82) is 0 Å². The SMILES string of the molecule is CCCCCc1ccc(-c2cc(C(=O)OCC)c(C)n2-c2ccc(S(N)(=O)=O)cc2)cc1. The Kier molecular flexibility index (Phi) is 7.53. The zero-order valence-electron chi connectivity index (χ0n) is 18.8. The number of aromatic nitrogens is 1. The molecule has 0 aliphatic rings. The zero-order valence-corrected chi connectivity index (χ0v) is 19.6. The number of nitrogens with two attached hydrogens (primary N) is 1. The first-order chi connectivity index (χ1) is 15.3. The van der Waals surface area contributed by atoms with Crippen LogP contribution in [0.2, 0.25) is 0 Å². The molecule has 0 spiro atoms. The summed E-state index contributed by atoms with van der Waals surface area (Å²) < 4.78 is 30.4. The normalized spacial score (nSPS) is 11.5. The highest BCUT2D eigenvalue weighted by Gasteiger charge is 2.21. The lowest BCUT2D eigenvalue weighted by molar-refractivity contribution is 0.0525. The lowest BCUT2D eigenvalue weighted by Crippen LogP contribution is -2.12. The molecule has 6 nitrogen and oxygen atoms in total. The molecule has 0 saturated carbocycles. The second kappa shape index (κ2) is 10.1. The van der Waals surface area contributed by atoms with Gasteiger partial charge in [0.25, 0.3) is 0 Å². The molecular weight excluding hydrogens is 424 g/mol. The molecule has 2 aromatic carbocycles. The third-order valence-corrected chi connectivity index (χ3v) is 6.41. The van der Waals surface area contributed by atoms with Crippen LogP contribution in [0.1, 0.15) is 54.7 Å². The molecule has 3 rings (SSSR count). The van der Waals surface area contributed by atoms with Gasteiger partial charge in [-0.2, -0.15) is 0 Å². The molecule has 0 aliphatic carbocycles. The van der Waals surface area contributed by atoms with E-state index in [1.165, 1.54) is 30.5 Å². The first-order valence-electron chi connectivity index (χ1n) is 10.9. The second-order valence-electron chi connectivity index (χ2n) is 7.78. The van der Waals surface area contributed by atoms with Crippen molar-refractivity contribution in [2.45, 2.75) is 51.3 Å². The van der Waals surface area contributed by atoms with Crippen LogP contribution < -0.4 is 5.14 Å². The van der Waals surface area contributed by atoms with Crippen molar-refractivity contribution in [2.75, 3.05) is 6.61 Å². The topological polar surface area (TPSA) is 91.4 Å². The fourth-order valence-electron chi connectivity index (χ4n) is 3.77. The molecule has 1 aromatic heterocycles. The molecule has 170 valence electrons. The molecule has 2 N–H and O–H groups in total. The molecule has 0 fully saturated rings. The molecule has 0 radical (unpaired) electrons. The van der Waals surface area contributed by atoms with E-state index < -0.39 is 10.0 Å². The monoisotopic (exact) mass is 454 g/mol. The molecule has 0 atom stereocenters. The number of hydrogen-bond donors (Lipinski definition) is 1. The summed E-state index contributed by atoms with van der Waals surface area (Å²) in [5, 5.41) is 5.24. The highest BCUT2D eigenvalue weighted by atomic mass is 32.2. The number of hydrogen-bond acceptors (Lipinski definition) is 4. The molecule has 3 aromatic rings. The Morgan fingerprint density at radius 1 is 1.00 bits per heavy atom. The summed E-state index contributed by atoms with van der Waals surface area (Å²) in [7, 11) is -3.79. The van der Waals surface area contributed by atoms with Gasteiger partial charge in [-0.3, -0.25) is 0 Å². The minimum atomic E-state index is -3.79. The van der Waals surface area contributed by atoms with Gasteiger partial charge in [0.15, 0.2) is 0 Å². The number of aryl methyl sites for hydroxylation is 1. The van der Waals surface area contributed by atoms with Gasteiger partial charge in [0.1, 0.15) is 0 Å². The van der Waals surface area contributed by atoms with Crippen LogP contribution in [0.4, 0.5) is 0 Å². The van der Waals surface area contributed by atoms with Crippen molar-refractivity contribution < 1.29 is 17.9 Å².